The number of fused-ring (bicyclic) bond motifs is 14. The first kappa shape index (κ1) is 43.6. The number of rotatable bonds is 5. The van der Waals surface area contributed by atoms with Gasteiger partial charge in [-0.1, -0.05) is 170 Å². The van der Waals surface area contributed by atoms with Crippen LogP contribution in [-0.2, 0) is 0 Å². The van der Waals surface area contributed by atoms with Gasteiger partial charge >= 0.3 is 0 Å². The largest absolute Gasteiger partial charge is 0.458 e. The summed E-state index contributed by atoms with van der Waals surface area (Å²) in [6.45, 7) is -0.264. The van der Waals surface area contributed by atoms with Gasteiger partial charge in [0.15, 0.2) is 0 Å². The van der Waals surface area contributed by atoms with Crippen molar-refractivity contribution in [2.45, 2.75) is 0 Å². The van der Waals surface area contributed by atoms with E-state index in [0.717, 1.165) is 135 Å². The Morgan fingerprint density at radius 3 is 1.39 bits per heavy atom. The van der Waals surface area contributed by atoms with Gasteiger partial charge in [-0.15, -0.1) is 0 Å². The topological polar surface area (TPSA) is 40.8 Å². The van der Waals surface area contributed by atoms with Crippen LogP contribution < -0.4 is 51.9 Å². The maximum Gasteiger partial charge on any atom is 0.260 e. The highest BCUT2D eigenvalue weighted by atomic mass is 16.5. The minimum Gasteiger partial charge on any atom is -0.458 e. The van der Waals surface area contributed by atoms with E-state index in [0.29, 0.717) is 0 Å². The van der Waals surface area contributed by atoms with Gasteiger partial charge in [-0.25, -0.2) is 0 Å². The van der Waals surface area contributed by atoms with Crippen molar-refractivity contribution in [2.24, 2.45) is 0 Å². The molecule has 0 fully saturated rings. The molecule has 0 unspecified atom stereocenters. The van der Waals surface area contributed by atoms with Crippen LogP contribution >= 0.6 is 0 Å². The number of nitrogens with zero attached hydrogens (tertiary/aromatic N) is 3. The summed E-state index contributed by atoms with van der Waals surface area (Å²) >= 11 is 0. The molecule has 0 saturated heterocycles. The van der Waals surface area contributed by atoms with E-state index in [1.54, 1.807) is 0 Å². The average Bonchev–Trinajstić information content (AvgIpc) is 3.99. The fourth-order valence-corrected chi connectivity index (χ4v) is 14.0. The van der Waals surface area contributed by atoms with Crippen LogP contribution in [0.1, 0.15) is 0 Å². The molecule has 0 aliphatic carbocycles. The van der Waals surface area contributed by atoms with Crippen molar-refractivity contribution in [3.8, 4) is 68.1 Å². The minimum atomic E-state index is -0.175. The summed E-state index contributed by atoms with van der Waals surface area (Å²) in [7, 11) is 0. The maximum atomic E-state index is 7.56. The van der Waals surface area contributed by atoms with Gasteiger partial charge in [-0.3, -0.25) is 0 Å². The second kappa shape index (κ2) is 16.5. The van der Waals surface area contributed by atoms with Crippen molar-refractivity contribution < 1.29 is 14.2 Å². The van der Waals surface area contributed by atoms with E-state index in [9.17, 15) is 0 Å². The van der Waals surface area contributed by atoms with Gasteiger partial charge < -0.3 is 28.2 Å². The molecule has 370 valence electrons. The predicted octanol–water partition coefficient (Wildman–Crippen LogP) is 14.3. The molecule has 12 aromatic carbocycles. The fraction of sp³-hybridized carbons (Fsp3) is 0. The van der Waals surface area contributed by atoms with Crippen molar-refractivity contribution in [2.75, 3.05) is 4.90 Å². The number of ether oxygens (including phenoxy) is 3. The lowest BCUT2D eigenvalue weighted by molar-refractivity contribution is 0.466. The zero-order valence-electron chi connectivity index (χ0n) is 43.0. The zero-order valence-corrected chi connectivity index (χ0v) is 43.0. The molecular weight excluding hydrogens is 976 g/mol. The Balaban J connectivity index is 0.926. The van der Waals surface area contributed by atoms with Gasteiger partial charge in [0.1, 0.15) is 34.5 Å². The molecule has 0 radical (unpaired) electrons. The van der Waals surface area contributed by atoms with E-state index in [-0.39, 0.29) is 13.4 Å². The summed E-state index contributed by atoms with van der Waals surface area (Å²) in [5, 5.41) is 4.88. The first-order valence-electron chi connectivity index (χ1n) is 27.5. The van der Waals surface area contributed by atoms with Crippen LogP contribution in [0.15, 0.2) is 261 Å². The van der Waals surface area contributed by atoms with Crippen LogP contribution in [-0.4, -0.2) is 22.6 Å². The van der Waals surface area contributed by atoms with E-state index in [1.807, 2.05) is 0 Å². The third kappa shape index (κ3) is 6.10. The van der Waals surface area contributed by atoms with E-state index in [4.69, 9.17) is 14.2 Å². The number of benzene rings is 12. The molecule has 0 bridgehead atoms. The van der Waals surface area contributed by atoms with Gasteiger partial charge in [0.05, 0.1) is 22.1 Å². The van der Waals surface area contributed by atoms with Gasteiger partial charge in [0, 0.05) is 67.1 Å². The Morgan fingerprint density at radius 2 is 0.762 bits per heavy atom. The first-order chi connectivity index (χ1) is 39.7. The van der Waals surface area contributed by atoms with Gasteiger partial charge in [-0.2, -0.15) is 0 Å². The molecule has 6 heterocycles. The van der Waals surface area contributed by atoms with Crippen molar-refractivity contribution in [1.29, 1.82) is 0 Å². The lowest BCUT2D eigenvalue weighted by atomic mass is 9.34. The average molecular weight is 1020 g/mol. The summed E-state index contributed by atoms with van der Waals surface area (Å²) in [5.41, 5.74) is 20.6. The standard InChI is InChI=1S/C72H43B2N3O3/c1-3-19-44(20-4-1)69-53(43-68-71-72(69)80-65-34-18-12-28-56(65)74(71)55-27-11-17-33-64(55)78-68)45-39-63-70-67(40-45)79-66-42-48(77-60-31-15-9-25-51(60)52-26-10-16-32-61(52)77)36-38-57(66)73(70)54-37-35-47(41-62(54)75(63)46-21-5-2-6-22-46)76-58-29-13-7-23-49(58)50-24-8-14-30-59(50)76/h1-43H. The van der Waals surface area contributed by atoms with Crippen LogP contribution in [0, 0.1) is 0 Å². The molecule has 4 aliphatic heterocycles. The molecule has 2 aromatic heterocycles. The van der Waals surface area contributed by atoms with Crippen molar-refractivity contribution in [3.05, 3.63) is 261 Å². The van der Waals surface area contributed by atoms with Gasteiger partial charge in [0.25, 0.3) is 13.4 Å². The monoisotopic (exact) mass is 1020 g/mol. The molecular formula is C72H43B2N3O3. The van der Waals surface area contributed by atoms with Crippen LogP contribution in [0.3, 0.4) is 0 Å². The number of hydrogen-bond donors (Lipinski definition) is 0. The van der Waals surface area contributed by atoms with E-state index >= 15 is 0 Å². The highest BCUT2D eigenvalue weighted by molar-refractivity contribution is 6.99. The second-order valence-electron chi connectivity index (χ2n) is 21.4. The number of anilines is 3. The quantitative estimate of drug-likeness (QED) is 0.161. The number of para-hydroxylation sites is 7. The van der Waals surface area contributed by atoms with Crippen molar-refractivity contribution in [3.63, 3.8) is 0 Å². The molecule has 0 amide bonds. The smallest absolute Gasteiger partial charge is 0.260 e. The molecule has 0 saturated carbocycles. The van der Waals surface area contributed by atoms with Gasteiger partial charge in [-0.05, 0) is 129 Å². The van der Waals surface area contributed by atoms with Crippen molar-refractivity contribution >= 4 is 107 Å². The molecule has 80 heavy (non-hydrogen) atoms. The van der Waals surface area contributed by atoms with E-state index in [2.05, 4.69) is 275 Å². The summed E-state index contributed by atoms with van der Waals surface area (Å²) in [5.74, 6) is 4.89. The summed E-state index contributed by atoms with van der Waals surface area (Å²) in [4.78, 5) is 2.46. The summed E-state index contributed by atoms with van der Waals surface area (Å²) in [6.07, 6.45) is 0. The molecule has 0 spiro atoms. The van der Waals surface area contributed by atoms with Gasteiger partial charge in [0.2, 0.25) is 0 Å². The Morgan fingerprint density at radius 1 is 0.287 bits per heavy atom. The molecule has 18 rings (SSSR count). The predicted molar refractivity (Wildman–Crippen MR) is 330 cm³/mol. The Hall–Kier alpha value is -10.4. The Labute approximate surface area is 461 Å². The Bertz CT molecular complexity index is 4850. The van der Waals surface area contributed by atoms with Crippen molar-refractivity contribution in [1.82, 2.24) is 9.13 Å². The zero-order chi connectivity index (χ0) is 52.2. The maximum absolute atomic E-state index is 7.56. The molecule has 0 atom stereocenters. The van der Waals surface area contributed by atoms with Crippen LogP contribution in [0.5, 0.6) is 34.5 Å². The van der Waals surface area contributed by atoms with Crippen LogP contribution in [0.2, 0.25) is 0 Å². The SMILES string of the molecule is c1ccc(-c2c(-c3cc4c5c(c3)N(c3ccccc3)c3cc(-n6c7ccccc7c7ccccc76)ccc3B5c3ccc(-n5c6ccccc6c6ccccc65)cc3O4)cc3c4c2Oc2ccccc2B4c2ccccc2O3)cc1. The third-order valence-corrected chi connectivity index (χ3v) is 17.3. The second-order valence-corrected chi connectivity index (χ2v) is 21.4. The molecule has 0 N–H and O–H groups in total. The molecule has 14 aromatic rings. The normalized spacial score (nSPS) is 13.2. The highest BCUT2D eigenvalue weighted by Crippen LogP contribution is 2.50. The lowest BCUT2D eigenvalue weighted by Gasteiger charge is -2.41. The molecule has 8 heteroatoms. The lowest BCUT2D eigenvalue weighted by Crippen LogP contribution is -2.59. The molecule has 4 aliphatic rings. The number of hydrogen-bond acceptors (Lipinski definition) is 4. The molecule has 6 nitrogen and oxygen atoms in total. The number of aromatic nitrogens is 2. The fourth-order valence-electron chi connectivity index (χ4n) is 14.0. The van der Waals surface area contributed by atoms with Crippen LogP contribution in [0.4, 0.5) is 17.1 Å². The third-order valence-electron chi connectivity index (χ3n) is 17.3. The summed E-state index contributed by atoms with van der Waals surface area (Å²) in [6, 6.07) is 94.2. The highest BCUT2D eigenvalue weighted by Gasteiger charge is 2.45. The summed E-state index contributed by atoms with van der Waals surface area (Å²) < 4.78 is 26.7. The minimum absolute atomic E-state index is 0.0887. The van der Waals surface area contributed by atoms with E-state index in [1.165, 1.54) is 27.0 Å². The Kier molecular flexibility index (Phi) is 9.03. The van der Waals surface area contributed by atoms with Crippen LogP contribution in [0.25, 0.3) is 77.2 Å². The van der Waals surface area contributed by atoms with E-state index < -0.39 is 0 Å². The first-order valence-corrected chi connectivity index (χ1v) is 27.5.